The molecule has 1 aromatic carbocycles. The third-order valence-electron chi connectivity index (χ3n) is 4.11. The van der Waals surface area contributed by atoms with Gasteiger partial charge in [0, 0.05) is 12.4 Å². The van der Waals surface area contributed by atoms with Crippen LogP contribution >= 0.6 is 11.3 Å². The van der Waals surface area contributed by atoms with E-state index in [-0.39, 0.29) is 30.4 Å². The van der Waals surface area contributed by atoms with Crippen LogP contribution in [-0.4, -0.2) is 27.5 Å². The number of carbonyl (C=O) groups is 1. The molecule has 0 saturated heterocycles. The molecular weight excluding hydrogens is 366 g/mol. The molecule has 3 aromatic rings. The lowest BCUT2D eigenvalue weighted by molar-refractivity contribution is -0.117. The molecule has 9 heteroatoms. The first-order valence-electron chi connectivity index (χ1n) is 8.21. The SMILES string of the molecule is Cc1nc(CC(=O)N(C)c2c(N)n(Cc3ccccc3)c(=O)[nH]c2=O)cs1. The summed E-state index contributed by atoms with van der Waals surface area (Å²) < 4.78 is 1.24. The van der Waals surface area contributed by atoms with Gasteiger partial charge in [0.05, 0.1) is 23.7 Å². The van der Waals surface area contributed by atoms with E-state index in [0.717, 1.165) is 10.6 Å². The Morgan fingerprint density at radius 3 is 2.63 bits per heavy atom. The highest BCUT2D eigenvalue weighted by Gasteiger charge is 2.21. The minimum Gasteiger partial charge on any atom is -0.383 e. The van der Waals surface area contributed by atoms with E-state index in [2.05, 4.69) is 9.97 Å². The first-order valence-corrected chi connectivity index (χ1v) is 9.09. The monoisotopic (exact) mass is 385 g/mol. The number of nitrogens with one attached hydrogen (secondary N) is 1. The zero-order valence-electron chi connectivity index (χ0n) is 14.9. The van der Waals surface area contributed by atoms with Gasteiger partial charge in [-0.2, -0.15) is 0 Å². The van der Waals surface area contributed by atoms with Crippen molar-refractivity contribution in [3.63, 3.8) is 0 Å². The summed E-state index contributed by atoms with van der Waals surface area (Å²) in [5, 5.41) is 2.65. The minimum atomic E-state index is -0.702. The van der Waals surface area contributed by atoms with Gasteiger partial charge in [-0.3, -0.25) is 19.1 Å². The van der Waals surface area contributed by atoms with E-state index in [1.807, 2.05) is 37.3 Å². The number of nitrogen functional groups attached to an aromatic ring is 1. The summed E-state index contributed by atoms with van der Waals surface area (Å²) in [4.78, 5) is 44.8. The Kier molecular flexibility index (Phi) is 5.22. The molecule has 2 heterocycles. The highest BCUT2D eigenvalue weighted by molar-refractivity contribution is 7.09. The molecule has 0 atom stereocenters. The Bertz CT molecular complexity index is 1080. The number of thiazole rings is 1. The van der Waals surface area contributed by atoms with Crippen molar-refractivity contribution in [1.82, 2.24) is 14.5 Å². The fraction of sp³-hybridized carbons (Fsp3) is 0.222. The molecule has 2 aromatic heterocycles. The van der Waals surface area contributed by atoms with E-state index < -0.39 is 11.2 Å². The third-order valence-corrected chi connectivity index (χ3v) is 4.93. The number of nitrogens with two attached hydrogens (primary N) is 1. The molecule has 0 radical (unpaired) electrons. The number of anilines is 2. The maximum absolute atomic E-state index is 12.6. The molecule has 3 N–H and O–H groups in total. The Balaban J connectivity index is 1.94. The van der Waals surface area contributed by atoms with Crippen molar-refractivity contribution in [2.45, 2.75) is 19.9 Å². The number of nitrogens with zero attached hydrogens (tertiary/aromatic N) is 3. The van der Waals surface area contributed by atoms with Crippen LogP contribution in [0.15, 0.2) is 45.3 Å². The van der Waals surface area contributed by atoms with Gasteiger partial charge in [-0.15, -0.1) is 11.3 Å². The molecule has 0 unspecified atom stereocenters. The molecule has 3 rings (SSSR count). The summed E-state index contributed by atoms with van der Waals surface area (Å²) in [6.45, 7) is 2.03. The molecule has 0 aliphatic heterocycles. The molecule has 27 heavy (non-hydrogen) atoms. The summed E-state index contributed by atoms with van der Waals surface area (Å²) >= 11 is 1.45. The molecule has 8 nitrogen and oxygen atoms in total. The van der Waals surface area contributed by atoms with Crippen LogP contribution in [0.2, 0.25) is 0 Å². The van der Waals surface area contributed by atoms with Gasteiger partial charge < -0.3 is 10.6 Å². The summed E-state index contributed by atoms with van der Waals surface area (Å²) in [5.41, 5.74) is 6.20. The average molecular weight is 385 g/mol. The van der Waals surface area contributed by atoms with Crippen molar-refractivity contribution in [1.29, 1.82) is 0 Å². The molecule has 0 aliphatic carbocycles. The van der Waals surface area contributed by atoms with Crippen LogP contribution in [0.4, 0.5) is 11.5 Å². The molecule has 0 spiro atoms. The maximum Gasteiger partial charge on any atom is 0.330 e. The van der Waals surface area contributed by atoms with Crippen molar-refractivity contribution in [3.8, 4) is 0 Å². The van der Waals surface area contributed by atoms with E-state index >= 15 is 0 Å². The standard InChI is InChI=1S/C18H19N5O3S/c1-11-20-13(10-27-11)8-14(24)22(2)15-16(19)23(18(26)21-17(15)25)9-12-6-4-3-5-7-12/h3-7,10H,8-9,19H2,1-2H3,(H,21,25,26). The number of aromatic amines is 1. The largest absolute Gasteiger partial charge is 0.383 e. The first-order chi connectivity index (χ1) is 12.9. The van der Waals surface area contributed by atoms with Crippen molar-refractivity contribution in [2.24, 2.45) is 0 Å². The number of carbonyl (C=O) groups excluding carboxylic acids is 1. The second-order valence-electron chi connectivity index (χ2n) is 6.05. The summed E-state index contributed by atoms with van der Waals surface area (Å²) in [6.07, 6.45) is 0.0392. The van der Waals surface area contributed by atoms with Crippen LogP contribution in [0.1, 0.15) is 16.3 Å². The second-order valence-corrected chi connectivity index (χ2v) is 7.11. The van der Waals surface area contributed by atoms with Crippen molar-refractivity contribution in [2.75, 3.05) is 17.7 Å². The predicted octanol–water partition coefficient (Wildman–Crippen LogP) is 1.14. The van der Waals surface area contributed by atoms with Crippen LogP contribution in [0.25, 0.3) is 0 Å². The van der Waals surface area contributed by atoms with E-state index in [1.54, 1.807) is 5.38 Å². The smallest absolute Gasteiger partial charge is 0.330 e. The fourth-order valence-electron chi connectivity index (χ4n) is 2.71. The quantitative estimate of drug-likeness (QED) is 0.683. The van der Waals surface area contributed by atoms with Gasteiger partial charge in [-0.25, -0.2) is 9.78 Å². The predicted molar refractivity (Wildman–Crippen MR) is 105 cm³/mol. The van der Waals surface area contributed by atoms with Gasteiger partial charge in [0.25, 0.3) is 5.56 Å². The topological polar surface area (TPSA) is 114 Å². The molecule has 1 amide bonds. The molecule has 0 fully saturated rings. The van der Waals surface area contributed by atoms with Crippen LogP contribution in [0, 0.1) is 6.92 Å². The highest BCUT2D eigenvalue weighted by atomic mass is 32.1. The normalized spacial score (nSPS) is 10.7. The third kappa shape index (κ3) is 3.98. The lowest BCUT2D eigenvalue weighted by atomic mass is 10.2. The second kappa shape index (κ2) is 7.58. The Morgan fingerprint density at radius 2 is 2.00 bits per heavy atom. The summed E-state index contributed by atoms with van der Waals surface area (Å²) in [5.74, 6) is -0.402. The van der Waals surface area contributed by atoms with Gasteiger partial charge in [0.1, 0.15) is 5.82 Å². The number of hydrogen-bond acceptors (Lipinski definition) is 6. The van der Waals surface area contributed by atoms with Crippen LogP contribution in [0.3, 0.4) is 0 Å². The molecule has 140 valence electrons. The molecule has 0 aliphatic rings. The Labute approximate surface area is 158 Å². The molecular formula is C18H19N5O3S. The summed E-state index contributed by atoms with van der Waals surface area (Å²) in [6, 6.07) is 9.23. The Morgan fingerprint density at radius 1 is 1.30 bits per heavy atom. The van der Waals surface area contributed by atoms with E-state index in [4.69, 9.17) is 5.73 Å². The van der Waals surface area contributed by atoms with Gasteiger partial charge in [0.15, 0.2) is 5.69 Å². The zero-order chi connectivity index (χ0) is 19.6. The number of aryl methyl sites for hydroxylation is 1. The summed E-state index contributed by atoms with van der Waals surface area (Å²) in [7, 11) is 1.46. The van der Waals surface area contributed by atoms with Gasteiger partial charge in [0.2, 0.25) is 5.91 Å². The molecule has 0 saturated carbocycles. The van der Waals surface area contributed by atoms with Crippen LogP contribution in [0.5, 0.6) is 0 Å². The molecule has 0 bridgehead atoms. The van der Waals surface area contributed by atoms with Crippen molar-refractivity contribution in [3.05, 3.63) is 72.8 Å². The lowest BCUT2D eigenvalue weighted by Gasteiger charge is -2.20. The first kappa shape index (κ1) is 18.6. The number of amides is 1. The van der Waals surface area contributed by atoms with E-state index in [9.17, 15) is 14.4 Å². The van der Waals surface area contributed by atoms with Gasteiger partial charge in [-0.05, 0) is 12.5 Å². The fourth-order valence-corrected chi connectivity index (χ4v) is 3.32. The van der Waals surface area contributed by atoms with Crippen LogP contribution in [-0.2, 0) is 17.8 Å². The number of hydrogen-bond donors (Lipinski definition) is 2. The zero-order valence-corrected chi connectivity index (χ0v) is 15.7. The average Bonchev–Trinajstić information content (AvgIpc) is 3.04. The highest BCUT2D eigenvalue weighted by Crippen LogP contribution is 2.18. The lowest BCUT2D eigenvalue weighted by Crippen LogP contribution is -2.40. The van der Waals surface area contributed by atoms with E-state index in [0.29, 0.717) is 5.69 Å². The number of likely N-dealkylation sites (N-methyl/N-ethyl adjacent to an activating group) is 1. The number of benzene rings is 1. The number of H-pyrrole nitrogens is 1. The van der Waals surface area contributed by atoms with Gasteiger partial charge >= 0.3 is 5.69 Å². The van der Waals surface area contributed by atoms with E-state index in [1.165, 1.54) is 27.9 Å². The van der Waals surface area contributed by atoms with Crippen molar-refractivity contribution < 1.29 is 4.79 Å². The van der Waals surface area contributed by atoms with Crippen LogP contribution < -0.4 is 21.9 Å². The number of rotatable bonds is 5. The number of aromatic nitrogens is 3. The van der Waals surface area contributed by atoms with Gasteiger partial charge in [-0.1, -0.05) is 30.3 Å². The van der Waals surface area contributed by atoms with Crippen molar-refractivity contribution >= 4 is 28.7 Å². The maximum atomic E-state index is 12.6. The Hall–Kier alpha value is -3.20. The minimum absolute atomic E-state index is 0.0392.